The van der Waals surface area contributed by atoms with Crippen LogP contribution in [0.15, 0.2) is 42.5 Å². The zero-order valence-corrected chi connectivity index (χ0v) is 17.0. The molecule has 0 spiro atoms. The molecule has 4 rings (SSSR count). The number of piperazine rings is 1. The molecule has 7 heteroatoms. The van der Waals surface area contributed by atoms with Gasteiger partial charge in [0.1, 0.15) is 5.75 Å². The van der Waals surface area contributed by atoms with Crippen molar-refractivity contribution in [1.82, 2.24) is 10.2 Å². The predicted octanol–water partition coefficient (Wildman–Crippen LogP) is 3.01. The molecular weight excluding hydrogens is 374 g/mol. The van der Waals surface area contributed by atoms with E-state index < -0.39 is 0 Å². The van der Waals surface area contributed by atoms with E-state index in [1.54, 1.807) is 7.11 Å². The highest BCUT2D eigenvalue weighted by Crippen LogP contribution is 2.32. The van der Waals surface area contributed by atoms with Crippen LogP contribution in [-0.4, -0.2) is 49.6 Å². The van der Waals surface area contributed by atoms with Gasteiger partial charge < -0.3 is 29.3 Å². The number of thiocarbonyl (C=S) groups is 1. The van der Waals surface area contributed by atoms with Crippen LogP contribution in [0, 0.1) is 0 Å². The van der Waals surface area contributed by atoms with E-state index in [4.69, 9.17) is 26.4 Å². The molecule has 1 unspecified atom stereocenters. The van der Waals surface area contributed by atoms with E-state index in [0.717, 1.165) is 47.6 Å². The normalized spacial score (nSPS) is 18.1. The second kappa shape index (κ2) is 8.14. The van der Waals surface area contributed by atoms with Gasteiger partial charge >= 0.3 is 0 Å². The van der Waals surface area contributed by atoms with Gasteiger partial charge in [-0.15, -0.1) is 0 Å². The molecule has 6 nitrogen and oxygen atoms in total. The second-order valence-corrected chi connectivity index (χ2v) is 7.42. The van der Waals surface area contributed by atoms with Crippen molar-refractivity contribution in [2.45, 2.75) is 19.5 Å². The fourth-order valence-electron chi connectivity index (χ4n) is 3.64. The number of fused-ring (bicyclic) bond motifs is 1. The van der Waals surface area contributed by atoms with Crippen molar-refractivity contribution in [2.75, 3.05) is 38.4 Å². The van der Waals surface area contributed by atoms with E-state index in [1.807, 2.05) is 30.3 Å². The molecule has 2 aromatic carbocycles. The number of rotatable bonds is 4. The first-order chi connectivity index (χ1) is 13.6. The van der Waals surface area contributed by atoms with Crippen molar-refractivity contribution in [2.24, 2.45) is 0 Å². The molecule has 28 heavy (non-hydrogen) atoms. The third kappa shape index (κ3) is 3.94. The van der Waals surface area contributed by atoms with Crippen LogP contribution in [0.4, 0.5) is 5.69 Å². The van der Waals surface area contributed by atoms with Crippen molar-refractivity contribution in [1.29, 1.82) is 0 Å². The smallest absolute Gasteiger partial charge is 0.231 e. The minimum absolute atomic E-state index is 0.293. The summed E-state index contributed by atoms with van der Waals surface area (Å²) in [6.07, 6.45) is 0. The monoisotopic (exact) mass is 399 g/mol. The third-order valence-corrected chi connectivity index (χ3v) is 5.60. The lowest BCUT2D eigenvalue weighted by Gasteiger charge is -2.42. The van der Waals surface area contributed by atoms with E-state index in [0.29, 0.717) is 19.4 Å². The number of anilines is 1. The summed E-state index contributed by atoms with van der Waals surface area (Å²) in [6.45, 7) is 5.90. The molecule has 0 saturated carbocycles. The van der Waals surface area contributed by atoms with Crippen LogP contribution in [0.5, 0.6) is 17.2 Å². The number of hydrogen-bond donors (Lipinski definition) is 1. The molecule has 2 aromatic rings. The molecule has 2 heterocycles. The average molecular weight is 400 g/mol. The molecule has 1 atom stereocenters. The first-order valence-electron chi connectivity index (χ1n) is 9.46. The quantitative estimate of drug-likeness (QED) is 0.793. The second-order valence-electron chi connectivity index (χ2n) is 7.03. The summed E-state index contributed by atoms with van der Waals surface area (Å²) in [5, 5.41) is 4.17. The Morgan fingerprint density at radius 3 is 2.68 bits per heavy atom. The van der Waals surface area contributed by atoms with Crippen LogP contribution in [0.3, 0.4) is 0 Å². The van der Waals surface area contributed by atoms with Crippen molar-refractivity contribution in [3.05, 3.63) is 48.0 Å². The molecule has 0 aliphatic carbocycles. The van der Waals surface area contributed by atoms with Gasteiger partial charge in [0.05, 0.1) is 7.11 Å². The minimum Gasteiger partial charge on any atom is -0.497 e. The van der Waals surface area contributed by atoms with Crippen LogP contribution in [0.25, 0.3) is 0 Å². The Balaban J connectivity index is 1.31. The van der Waals surface area contributed by atoms with Gasteiger partial charge in [-0.25, -0.2) is 0 Å². The molecule has 0 aromatic heterocycles. The van der Waals surface area contributed by atoms with Crippen molar-refractivity contribution in [3.63, 3.8) is 0 Å². The van der Waals surface area contributed by atoms with Crippen molar-refractivity contribution < 1.29 is 14.2 Å². The lowest BCUT2D eigenvalue weighted by Crippen LogP contribution is -2.55. The van der Waals surface area contributed by atoms with Gasteiger partial charge in [0.25, 0.3) is 0 Å². The molecule has 148 valence electrons. The topological polar surface area (TPSA) is 46.2 Å². The largest absolute Gasteiger partial charge is 0.497 e. The molecular formula is C21H25N3O3S. The number of methoxy groups -OCH3 is 1. The van der Waals surface area contributed by atoms with Crippen molar-refractivity contribution >= 4 is 23.0 Å². The Morgan fingerprint density at radius 1 is 1.14 bits per heavy atom. The highest BCUT2D eigenvalue weighted by Gasteiger charge is 2.25. The summed E-state index contributed by atoms with van der Waals surface area (Å²) < 4.78 is 16.0. The van der Waals surface area contributed by atoms with Crippen LogP contribution in [0.1, 0.15) is 12.5 Å². The number of hydrogen-bond acceptors (Lipinski definition) is 5. The average Bonchev–Trinajstić information content (AvgIpc) is 3.20. The lowest BCUT2D eigenvalue weighted by atomic mass is 10.1. The number of nitrogens with zero attached hydrogens (tertiary/aromatic N) is 2. The van der Waals surface area contributed by atoms with E-state index >= 15 is 0 Å². The van der Waals surface area contributed by atoms with Gasteiger partial charge in [0.2, 0.25) is 6.79 Å². The lowest BCUT2D eigenvalue weighted by molar-refractivity contribution is 0.174. The molecule has 0 amide bonds. The SMILES string of the molecule is COc1ccc(N2CCN(C(=S)NCc3ccc4c(c3)OCO4)CC2C)cc1. The Bertz CT molecular complexity index is 843. The number of benzene rings is 2. The Labute approximate surface area is 171 Å². The fourth-order valence-corrected chi connectivity index (χ4v) is 3.88. The van der Waals surface area contributed by atoms with E-state index in [2.05, 4.69) is 34.2 Å². The van der Waals surface area contributed by atoms with Crippen LogP contribution >= 0.6 is 12.2 Å². The minimum atomic E-state index is 0.293. The van der Waals surface area contributed by atoms with Gasteiger partial charge in [-0.05, 0) is 61.1 Å². The van der Waals surface area contributed by atoms with E-state index in [9.17, 15) is 0 Å². The summed E-state index contributed by atoms with van der Waals surface area (Å²) in [4.78, 5) is 4.66. The van der Waals surface area contributed by atoms with Crippen LogP contribution in [0.2, 0.25) is 0 Å². The predicted molar refractivity (Wildman–Crippen MR) is 113 cm³/mol. The summed E-state index contributed by atoms with van der Waals surface area (Å²) in [7, 11) is 1.69. The zero-order valence-electron chi connectivity index (χ0n) is 16.2. The molecule has 0 bridgehead atoms. The van der Waals surface area contributed by atoms with E-state index in [-0.39, 0.29) is 0 Å². The maximum atomic E-state index is 5.64. The van der Waals surface area contributed by atoms with E-state index in [1.165, 1.54) is 5.69 Å². The first-order valence-corrected chi connectivity index (χ1v) is 9.87. The summed E-state index contributed by atoms with van der Waals surface area (Å²) in [5.74, 6) is 2.48. The Morgan fingerprint density at radius 2 is 1.93 bits per heavy atom. The number of nitrogens with one attached hydrogen (secondary N) is 1. The molecule has 2 aliphatic rings. The maximum Gasteiger partial charge on any atom is 0.231 e. The molecule has 1 fully saturated rings. The molecule has 0 radical (unpaired) electrons. The summed E-state index contributed by atoms with van der Waals surface area (Å²) >= 11 is 5.64. The summed E-state index contributed by atoms with van der Waals surface area (Å²) in [6, 6.07) is 14.6. The zero-order chi connectivity index (χ0) is 19.5. The molecule has 1 N–H and O–H groups in total. The fraction of sp³-hybridized carbons (Fsp3) is 0.381. The first kappa shape index (κ1) is 18.7. The standard InChI is InChI=1S/C21H25N3O3S/c1-15-13-23(9-10-24(15)17-4-6-18(25-2)7-5-17)21(28)22-12-16-3-8-19-20(11-16)27-14-26-19/h3-8,11,15H,9-10,12-14H2,1-2H3,(H,22,28). The van der Waals surface area contributed by atoms with Gasteiger partial charge in [-0.1, -0.05) is 6.07 Å². The number of ether oxygens (including phenoxy) is 3. The van der Waals surface area contributed by atoms with Gasteiger partial charge in [0, 0.05) is 37.9 Å². The van der Waals surface area contributed by atoms with Gasteiger partial charge in [0.15, 0.2) is 16.6 Å². The highest BCUT2D eigenvalue weighted by molar-refractivity contribution is 7.80. The highest BCUT2D eigenvalue weighted by atomic mass is 32.1. The third-order valence-electron chi connectivity index (χ3n) is 5.20. The molecule has 1 saturated heterocycles. The molecule has 2 aliphatic heterocycles. The Kier molecular flexibility index (Phi) is 5.43. The van der Waals surface area contributed by atoms with Crippen molar-refractivity contribution in [3.8, 4) is 17.2 Å². The van der Waals surface area contributed by atoms with Crippen LogP contribution < -0.4 is 24.4 Å². The Hall–Kier alpha value is -2.67. The van der Waals surface area contributed by atoms with Gasteiger partial charge in [-0.3, -0.25) is 0 Å². The van der Waals surface area contributed by atoms with Crippen LogP contribution in [-0.2, 0) is 6.54 Å². The summed E-state index contributed by atoms with van der Waals surface area (Å²) in [5.41, 5.74) is 2.34. The van der Waals surface area contributed by atoms with Gasteiger partial charge in [-0.2, -0.15) is 0 Å². The maximum absolute atomic E-state index is 5.64.